The van der Waals surface area contributed by atoms with Gasteiger partial charge in [-0.2, -0.15) is 0 Å². The molecule has 0 radical (unpaired) electrons. The number of fused-ring (bicyclic) bond motifs is 1. The van der Waals surface area contributed by atoms with Crippen LogP contribution in [0, 0.1) is 0 Å². The quantitative estimate of drug-likeness (QED) is 0.607. The maximum atomic E-state index is 13.0. The first-order valence-electron chi connectivity index (χ1n) is 12.7. The summed E-state index contributed by atoms with van der Waals surface area (Å²) in [5.74, 6) is 0.0339. The van der Waals surface area contributed by atoms with E-state index < -0.39 is 12.2 Å². The molecule has 2 aliphatic heterocycles. The molecule has 2 aliphatic rings. The van der Waals surface area contributed by atoms with Gasteiger partial charge >= 0.3 is 12.2 Å². The van der Waals surface area contributed by atoms with E-state index in [1.165, 1.54) is 7.11 Å². The lowest BCUT2D eigenvalue weighted by Crippen LogP contribution is -2.52. The third-order valence-corrected chi connectivity index (χ3v) is 6.99. The predicted molar refractivity (Wildman–Crippen MR) is 143 cm³/mol. The highest BCUT2D eigenvalue weighted by Gasteiger charge is 2.36. The van der Waals surface area contributed by atoms with E-state index in [2.05, 4.69) is 4.90 Å². The molecule has 37 heavy (non-hydrogen) atoms. The van der Waals surface area contributed by atoms with Crippen LogP contribution in [0.5, 0.6) is 0 Å². The van der Waals surface area contributed by atoms with E-state index in [0.29, 0.717) is 23.0 Å². The smallest absolute Gasteiger partial charge is 0.414 e. The molecule has 2 aromatic rings. The van der Waals surface area contributed by atoms with Gasteiger partial charge in [0.2, 0.25) is 0 Å². The van der Waals surface area contributed by atoms with Gasteiger partial charge in [-0.3, -0.25) is 14.6 Å². The fourth-order valence-electron chi connectivity index (χ4n) is 4.95. The number of ether oxygens (including phenoxy) is 2. The number of carbonyl (C=O) groups is 3. The monoisotopic (exact) mass is 508 g/mol. The fourth-order valence-corrected chi connectivity index (χ4v) is 4.95. The molecule has 9 nitrogen and oxygen atoms in total. The SMILES string of the molecule is COC(=O)N1c2ccc(-c3ccc(C(=O)N4CC[C@H](N(C)C)C4)cc3)cc2N(C(=O)OC(C)C)CC1C. The van der Waals surface area contributed by atoms with Crippen molar-refractivity contribution in [1.82, 2.24) is 9.80 Å². The van der Waals surface area contributed by atoms with Crippen LogP contribution in [-0.2, 0) is 9.47 Å². The number of rotatable bonds is 4. The van der Waals surface area contributed by atoms with E-state index in [0.717, 1.165) is 30.6 Å². The number of likely N-dealkylation sites (tertiary alicyclic amines) is 1. The van der Waals surface area contributed by atoms with Gasteiger partial charge in [-0.15, -0.1) is 0 Å². The zero-order valence-corrected chi connectivity index (χ0v) is 22.4. The van der Waals surface area contributed by atoms with Crippen LogP contribution >= 0.6 is 0 Å². The topological polar surface area (TPSA) is 82.6 Å². The number of hydrogen-bond acceptors (Lipinski definition) is 6. The van der Waals surface area contributed by atoms with Gasteiger partial charge in [-0.1, -0.05) is 18.2 Å². The Labute approximate surface area is 218 Å². The molecule has 2 aromatic carbocycles. The van der Waals surface area contributed by atoms with Gasteiger partial charge in [-0.05, 0) is 76.7 Å². The van der Waals surface area contributed by atoms with Gasteiger partial charge in [0.05, 0.1) is 37.2 Å². The summed E-state index contributed by atoms with van der Waals surface area (Å²) in [6.07, 6.45) is -0.253. The van der Waals surface area contributed by atoms with Crippen molar-refractivity contribution in [3.8, 4) is 11.1 Å². The summed E-state index contributed by atoms with van der Waals surface area (Å²) in [5.41, 5.74) is 3.54. The highest BCUT2D eigenvalue weighted by molar-refractivity contribution is 6.02. The molecule has 0 aromatic heterocycles. The number of nitrogens with zero attached hydrogens (tertiary/aromatic N) is 4. The fraction of sp³-hybridized carbons (Fsp3) is 0.464. The Kier molecular flexibility index (Phi) is 7.73. The van der Waals surface area contributed by atoms with Crippen molar-refractivity contribution in [3.05, 3.63) is 48.0 Å². The van der Waals surface area contributed by atoms with E-state index in [9.17, 15) is 14.4 Å². The summed E-state index contributed by atoms with van der Waals surface area (Å²) in [6, 6.07) is 13.2. The van der Waals surface area contributed by atoms with Crippen molar-refractivity contribution < 1.29 is 23.9 Å². The van der Waals surface area contributed by atoms with Crippen LogP contribution in [0.4, 0.5) is 21.0 Å². The lowest BCUT2D eigenvalue weighted by molar-refractivity contribution is 0.0783. The Morgan fingerprint density at radius 1 is 0.946 bits per heavy atom. The van der Waals surface area contributed by atoms with Crippen LogP contribution < -0.4 is 9.80 Å². The van der Waals surface area contributed by atoms with Gasteiger partial charge < -0.3 is 19.3 Å². The van der Waals surface area contributed by atoms with Crippen molar-refractivity contribution in [2.45, 2.75) is 45.4 Å². The number of methoxy groups -OCH3 is 1. The summed E-state index contributed by atoms with van der Waals surface area (Å²) in [6.45, 7) is 7.22. The van der Waals surface area contributed by atoms with E-state index in [1.54, 1.807) is 23.6 Å². The Bertz CT molecular complexity index is 1160. The largest absolute Gasteiger partial charge is 0.452 e. The maximum absolute atomic E-state index is 13.0. The summed E-state index contributed by atoms with van der Waals surface area (Å²) in [5, 5.41) is 0. The molecule has 1 saturated heterocycles. The number of amides is 3. The molecule has 2 atom stereocenters. The Morgan fingerprint density at radius 2 is 1.62 bits per heavy atom. The molecule has 2 heterocycles. The minimum atomic E-state index is -0.486. The number of anilines is 2. The summed E-state index contributed by atoms with van der Waals surface area (Å²) >= 11 is 0. The molecule has 4 rings (SSSR count). The average molecular weight is 509 g/mol. The molecule has 3 amide bonds. The first kappa shape index (κ1) is 26.5. The molecule has 0 N–H and O–H groups in total. The number of hydrogen-bond donors (Lipinski definition) is 0. The third kappa shape index (κ3) is 5.41. The van der Waals surface area contributed by atoms with Crippen LogP contribution in [0.2, 0.25) is 0 Å². The standard InChI is InChI=1S/C28H36N4O5/c1-18(2)37-27(34)31-16-19(3)32(28(35)36-6)24-12-11-22(15-25(24)31)20-7-9-21(10-8-20)26(33)30-14-13-23(17-30)29(4)5/h7-12,15,18-19,23H,13-14,16-17H2,1-6H3/t19?,23-/m0/s1. The number of carbonyl (C=O) groups excluding carboxylic acids is 3. The van der Waals surface area contributed by atoms with Crippen molar-refractivity contribution in [3.63, 3.8) is 0 Å². The Morgan fingerprint density at radius 3 is 2.22 bits per heavy atom. The van der Waals surface area contributed by atoms with Gasteiger partial charge in [0.25, 0.3) is 5.91 Å². The van der Waals surface area contributed by atoms with E-state index >= 15 is 0 Å². The summed E-state index contributed by atoms with van der Waals surface area (Å²) in [7, 11) is 5.43. The molecule has 9 heteroatoms. The molecule has 0 aliphatic carbocycles. The zero-order valence-electron chi connectivity index (χ0n) is 22.4. The van der Waals surface area contributed by atoms with Crippen LogP contribution in [-0.4, -0.2) is 86.9 Å². The normalized spacial score (nSPS) is 19.3. The maximum Gasteiger partial charge on any atom is 0.414 e. The van der Waals surface area contributed by atoms with Crippen molar-refractivity contribution in [2.24, 2.45) is 0 Å². The molecular weight excluding hydrogens is 472 g/mol. The molecule has 1 fully saturated rings. The van der Waals surface area contributed by atoms with E-state index in [-0.39, 0.29) is 24.6 Å². The lowest BCUT2D eigenvalue weighted by atomic mass is 10.00. The predicted octanol–water partition coefficient (Wildman–Crippen LogP) is 4.46. The van der Waals surface area contributed by atoms with Crippen LogP contribution in [0.15, 0.2) is 42.5 Å². The van der Waals surface area contributed by atoms with E-state index in [1.807, 2.05) is 68.4 Å². The van der Waals surface area contributed by atoms with Gasteiger partial charge in [-0.25, -0.2) is 9.59 Å². The van der Waals surface area contributed by atoms with Gasteiger partial charge in [0, 0.05) is 24.7 Å². The van der Waals surface area contributed by atoms with Gasteiger partial charge in [0.15, 0.2) is 0 Å². The highest BCUT2D eigenvalue weighted by atomic mass is 16.6. The number of likely N-dealkylation sites (N-methyl/N-ethyl adjacent to an activating group) is 1. The molecule has 0 bridgehead atoms. The molecule has 198 valence electrons. The van der Waals surface area contributed by atoms with Gasteiger partial charge in [0.1, 0.15) is 0 Å². The third-order valence-electron chi connectivity index (χ3n) is 6.99. The molecule has 0 saturated carbocycles. The van der Waals surface area contributed by atoms with Crippen molar-refractivity contribution in [2.75, 3.05) is 50.6 Å². The minimum absolute atomic E-state index is 0.0339. The van der Waals surface area contributed by atoms with Crippen molar-refractivity contribution in [1.29, 1.82) is 0 Å². The first-order chi connectivity index (χ1) is 17.6. The van der Waals surface area contributed by atoms with E-state index in [4.69, 9.17) is 9.47 Å². The van der Waals surface area contributed by atoms with Crippen LogP contribution in [0.3, 0.4) is 0 Å². The minimum Gasteiger partial charge on any atom is -0.452 e. The first-order valence-corrected chi connectivity index (χ1v) is 12.7. The molecular formula is C28H36N4O5. The molecule has 1 unspecified atom stereocenters. The Balaban J connectivity index is 1.63. The second-order valence-corrected chi connectivity index (χ2v) is 10.2. The van der Waals surface area contributed by atoms with Crippen LogP contribution in [0.1, 0.15) is 37.6 Å². The lowest BCUT2D eigenvalue weighted by Gasteiger charge is -2.40. The summed E-state index contributed by atoms with van der Waals surface area (Å²) < 4.78 is 10.5. The second kappa shape index (κ2) is 10.8. The van der Waals surface area contributed by atoms with Crippen molar-refractivity contribution >= 4 is 29.5 Å². The Hall–Kier alpha value is -3.59. The average Bonchev–Trinajstić information content (AvgIpc) is 3.37. The highest BCUT2D eigenvalue weighted by Crippen LogP contribution is 2.39. The number of benzene rings is 2. The molecule has 0 spiro atoms. The zero-order chi connectivity index (χ0) is 26.9. The summed E-state index contributed by atoms with van der Waals surface area (Å²) in [4.78, 5) is 45.7. The van der Waals surface area contributed by atoms with Crippen LogP contribution in [0.25, 0.3) is 11.1 Å². The second-order valence-electron chi connectivity index (χ2n) is 10.2.